The van der Waals surface area contributed by atoms with Crippen molar-refractivity contribution in [3.63, 3.8) is 0 Å². The standard InChI is InChI=1S/C23H12Br2Cl2INO3/c24-16-7-13(8-17(25)21(16)31-11-12-1-4-15(28)5-2-12)9-20-23(30)32-22(29-20)14-3-6-18(26)19(27)10-14/h1-10H,11H2/b20-9-. The maximum Gasteiger partial charge on any atom is 0.363 e. The maximum atomic E-state index is 12.3. The van der Waals surface area contributed by atoms with Crippen LogP contribution in [0.3, 0.4) is 0 Å². The molecule has 0 saturated heterocycles. The third-order valence-corrected chi connectivity index (χ3v) is 7.04. The molecule has 9 heteroatoms. The molecule has 1 aliphatic heterocycles. The van der Waals surface area contributed by atoms with Crippen LogP contribution in [0.2, 0.25) is 10.0 Å². The lowest BCUT2D eigenvalue weighted by molar-refractivity contribution is -0.129. The number of cyclic esters (lactones) is 1. The molecule has 0 atom stereocenters. The van der Waals surface area contributed by atoms with Crippen molar-refractivity contribution in [1.29, 1.82) is 0 Å². The van der Waals surface area contributed by atoms with Crippen molar-refractivity contribution in [2.75, 3.05) is 0 Å². The summed E-state index contributed by atoms with van der Waals surface area (Å²) in [5, 5.41) is 0.768. The second kappa shape index (κ2) is 10.3. The van der Waals surface area contributed by atoms with E-state index in [0.717, 1.165) is 20.1 Å². The molecule has 0 fully saturated rings. The number of nitrogens with zero attached hydrogens (tertiary/aromatic N) is 1. The van der Waals surface area contributed by atoms with Crippen LogP contribution in [-0.2, 0) is 16.1 Å². The molecule has 0 N–H and O–H groups in total. The van der Waals surface area contributed by atoms with Gasteiger partial charge in [0.05, 0.1) is 19.0 Å². The summed E-state index contributed by atoms with van der Waals surface area (Å²) in [6, 6.07) is 16.7. The van der Waals surface area contributed by atoms with Crippen LogP contribution < -0.4 is 4.74 Å². The highest BCUT2D eigenvalue weighted by Gasteiger charge is 2.25. The number of esters is 1. The van der Waals surface area contributed by atoms with E-state index in [4.69, 9.17) is 32.7 Å². The van der Waals surface area contributed by atoms with E-state index in [0.29, 0.717) is 28.0 Å². The zero-order chi connectivity index (χ0) is 22.8. The number of carbonyl (C=O) groups is 1. The van der Waals surface area contributed by atoms with Crippen LogP contribution in [0.4, 0.5) is 0 Å². The number of ether oxygens (including phenoxy) is 2. The summed E-state index contributed by atoms with van der Waals surface area (Å²) in [5.41, 5.74) is 2.56. The molecule has 0 amide bonds. The second-order valence-corrected chi connectivity index (χ2v) is 10.5. The highest BCUT2D eigenvalue weighted by atomic mass is 127. The molecule has 1 aliphatic rings. The van der Waals surface area contributed by atoms with E-state index in [2.05, 4.69) is 59.4 Å². The zero-order valence-corrected chi connectivity index (χ0v) is 22.9. The van der Waals surface area contributed by atoms with Gasteiger partial charge >= 0.3 is 5.97 Å². The van der Waals surface area contributed by atoms with Crippen molar-refractivity contribution < 1.29 is 14.3 Å². The molecule has 0 unspecified atom stereocenters. The summed E-state index contributed by atoms with van der Waals surface area (Å²) >= 11 is 21.4. The lowest BCUT2D eigenvalue weighted by Crippen LogP contribution is -2.05. The summed E-state index contributed by atoms with van der Waals surface area (Å²) in [7, 11) is 0. The van der Waals surface area contributed by atoms with Crippen LogP contribution in [0.1, 0.15) is 16.7 Å². The minimum atomic E-state index is -0.544. The largest absolute Gasteiger partial charge is 0.487 e. The lowest BCUT2D eigenvalue weighted by atomic mass is 10.2. The first-order valence-corrected chi connectivity index (χ1v) is 12.6. The normalized spacial score (nSPS) is 14.5. The van der Waals surface area contributed by atoms with Crippen LogP contribution in [0.5, 0.6) is 5.75 Å². The van der Waals surface area contributed by atoms with E-state index in [1.54, 1.807) is 24.3 Å². The fourth-order valence-corrected chi connectivity index (χ4v) is 4.96. The van der Waals surface area contributed by atoms with E-state index in [1.807, 2.05) is 36.4 Å². The molecule has 0 radical (unpaired) electrons. The molecular formula is C23H12Br2Cl2INO3. The van der Waals surface area contributed by atoms with Crippen molar-refractivity contribution >= 4 is 95.6 Å². The van der Waals surface area contributed by atoms with Gasteiger partial charge in [0.15, 0.2) is 5.70 Å². The van der Waals surface area contributed by atoms with E-state index < -0.39 is 5.97 Å². The fraction of sp³-hybridized carbons (Fsp3) is 0.0435. The molecule has 32 heavy (non-hydrogen) atoms. The molecule has 0 bridgehead atoms. The summed E-state index contributed by atoms with van der Waals surface area (Å²) in [5.74, 6) is 0.299. The highest BCUT2D eigenvalue weighted by molar-refractivity contribution is 14.1. The number of aliphatic imine (C=N–C) groups is 1. The maximum absolute atomic E-state index is 12.3. The summed E-state index contributed by atoms with van der Waals surface area (Å²) in [4.78, 5) is 16.6. The zero-order valence-electron chi connectivity index (χ0n) is 16.0. The van der Waals surface area contributed by atoms with Gasteiger partial charge in [0.2, 0.25) is 5.90 Å². The molecule has 4 rings (SSSR count). The van der Waals surface area contributed by atoms with E-state index >= 15 is 0 Å². The average molecular weight is 708 g/mol. The second-order valence-electron chi connectivity index (χ2n) is 6.69. The molecule has 3 aromatic carbocycles. The van der Waals surface area contributed by atoms with Crippen LogP contribution in [0.15, 0.2) is 74.2 Å². The predicted molar refractivity (Wildman–Crippen MR) is 142 cm³/mol. The first-order valence-electron chi connectivity index (χ1n) is 9.14. The van der Waals surface area contributed by atoms with Crippen molar-refractivity contribution in [1.82, 2.24) is 0 Å². The monoisotopic (exact) mass is 705 g/mol. The molecular weight excluding hydrogens is 696 g/mol. The Kier molecular flexibility index (Phi) is 7.62. The minimum absolute atomic E-state index is 0.176. The number of hydrogen-bond donors (Lipinski definition) is 0. The number of carbonyl (C=O) groups excluding carboxylic acids is 1. The van der Waals surface area contributed by atoms with E-state index in [-0.39, 0.29) is 11.6 Å². The Morgan fingerprint density at radius 3 is 2.34 bits per heavy atom. The van der Waals surface area contributed by atoms with Crippen molar-refractivity contribution in [2.45, 2.75) is 6.61 Å². The van der Waals surface area contributed by atoms with Crippen molar-refractivity contribution in [3.8, 4) is 5.75 Å². The van der Waals surface area contributed by atoms with Gasteiger partial charge in [-0.2, -0.15) is 0 Å². The first-order chi connectivity index (χ1) is 15.3. The number of halogens is 5. The summed E-state index contributed by atoms with van der Waals surface area (Å²) < 4.78 is 13.9. The topological polar surface area (TPSA) is 47.9 Å². The van der Waals surface area contributed by atoms with Gasteiger partial charge in [-0.25, -0.2) is 9.79 Å². The van der Waals surface area contributed by atoms with Crippen LogP contribution >= 0.6 is 77.7 Å². The lowest BCUT2D eigenvalue weighted by Gasteiger charge is -2.11. The van der Waals surface area contributed by atoms with Crippen LogP contribution in [0, 0.1) is 3.57 Å². The molecule has 0 aliphatic carbocycles. The molecule has 1 heterocycles. The summed E-state index contributed by atoms with van der Waals surface area (Å²) in [6.07, 6.45) is 1.64. The quantitative estimate of drug-likeness (QED) is 0.153. The fourth-order valence-electron chi connectivity index (χ4n) is 2.86. The van der Waals surface area contributed by atoms with Crippen molar-refractivity contribution in [2.24, 2.45) is 4.99 Å². The molecule has 0 spiro atoms. The van der Waals surface area contributed by atoms with Gasteiger partial charge in [0, 0.05) is 9.13 Å². The molecule has 162 valence electrons. The van der Waals surface area contributed by atoms with Gasteiger partial charge in [-0.15, -0.1) is 0 Å². The Labute approximate surface area is 225 Å². The minimum Gasteiger partial charge on any atom is -0.487 e. The van der Waals surface area contributed by atoms with Crippen molar-refractivity contribution in [3.05, 3.63) is 99.5 Å². The van der Waals surface area contributed by atoms with Crippen LogP contribution in [0.25, 0.3) is 6.08 Å². The number of rotatable bonds is 5. The van der Waals surface area contributed by atoms with E-state index in [9.17, 15) is 4.79 Å². The average Bonchev–Trinajstić information content (AvgIpc) is 3.11. The Hall–Kier alpha value is -1.39. The van der Waals surface area contributed by atoms with Gasteiger partial charge in [0.1, 0.15) is 12.4 Å². The van der Waals surface area contributed by atoms with Gasteiger partial charge in [-0.05, 0) is 114 Å². The molecule has 3 aromatic rings. The SMILES string of the molecule is O=C1OC(c2ccc(Cl)c(Cl)c2)=N/C1=C\c1cc(Br)c(OCc2ccc(I)cc2)c(Br)c1. The predicted octanol–water partition coefficient (Wildman–Crippen LogP) is 8.05. The third kappa shape index (κ3) is 5.56. The Bertz CT molecular complexity index is 1250. The Morgan fingerprint density at radius 1 is 1.00 bits per heavy atom. The molecule has 0 saturated carbocycles. The first kappa shape index (κ1) is 23.8. The van der Waals surface area contributed by atoms with Gasteiger partial charge in [0.25, 0.3) is 0 Å². The molecule has 4 nitrogen and oxygen atoms in total. The van der Waals surface area contributed by atoms with Crippen LogP contribution in [-0.4, -0.2) is 11.9 Å². The number of benzene rings is 3. The Balaban J connectivity index is 1.55. The third-order valence-electron chi connectivity index (χ3n) is 4.41. The summed E-state index contributed by atoms with van der Waals surface area (Å²) in [6.45, 7) is 0.429. The van der Waals surface area contributed by atoms with E-state index in [1.165, 1.54) is 3.57 Å². The van der Waals surface area contributed by atoms with Gasteiger partial charge in [-0.1, -0.05) is 35.3 Å². The highest BCUT2D eigenvalue weighted by Crippen LogP contribution is 2.36. The smallest absolute Gasteiger partial charge is 0.363 e. The number of hydrogen-bond acceptors (Lipinski definition) is 4. The van der Waals surface area contributed by atoms with Gasteiger partial charge < -0.3 is 9.47 Å². The van der Waals surface area contributed by atoms with Gasteiger partial charge in [-0.3, -0.25) is 0 Å². The molecule has 0 aromatic heterocycles. The Morgan fingerprint density at radius 2 is 1.69 bits per heavy atom.